The van der Waals surface area contributed by atoms with Crippen molar-refractivity contribution in [3.63, 3.8) is 0 Å². The third kappa shape index (κ3) is 4.32. The van der Waals surface area contributed by atoms with Gasteiger partial charge < -0.3 is 10.6 Å². The monoisotopic (exact) mass is 275 g/mol. The zero-order chi connectivity index (χ0) is 14.4. The van der Waals surface area contributed by atoms with Crippen LogP contribution < -0.4 is 10.6 Å². The van der Waals surface area contributed by atoms with Crippen molar-refractivity contribution in [1.82, 2.24) is 15.5 Å². The molecule has 1 heterocycles. The normalized spacial score (nSPS) is 18.7. The predicted molar refractivity (Wildman–Crippen MR) is 81.4 cm³/mol. The maximum atomic E-state index is 11.5. The van der Waals surface area contributed by atoms with Crippen LogP contribution in [0.5, 0.6) is 0 Å². The Bertz CT molecular complexity index is 413. The quantitative estimate of drug-likeness (QED) is 0.853. The minimum atomic E-state index is -0.106. The summed E-state index contributed by atoms with van der Waals surface area (Å²) in [5.41, 5.74) is 1.37. The lowest BCUT2D eigenvalue weighted by Gasteiger charge is -2.33. The molecule has 1 saturated heterocycles. The molecule has 1 amide bonds. The van der Waals surface area contributed by atoms with Gasteiger partial charge in [-0.3, -0.25) is 9.69 Å². The molecule has 1 aliphatic heterocycles. The van der Waals surface area contributed by atoms with Crippen LogP contribution in [-0.2, 0) is 11.3 Å². The van der Waals surface area contributed by atoms with E-state index in [0.717, 1.165) is 32.5 Å². The molecule has 2 rings (SSSR count). The Balaban J connectivity index is 1.74. The topological polar surface area (TPSA) is 44.4 Å². The van der Waals surface area contributed by atoms with Crippen molar-refractivity contribution in [3.05, 3.63) is 35.9 Å². The third-order valence-electron chi connectivity index (χ3n) is 3.96. The van der Waals surface area contributed by atoms with E-state index in [0.29, 0.717) is 6.04 Å². The summed E-state index contributed by atoms with van der Waals surface area (Å²) < 4.78 is 0. The molecule has 1 unspecified atom stereocenters. The molecule has 1 aromatic carbocycles. The van der Waals surface area contributed by atoms with Crippen LogP contribution in [0.4, 0.5) is 0 Å². The standard InChI is InChI=1S/C16H25N3O/c1-13(16(20)17-2)18-15-8-10-19(11-9-15)12-14-6-4-3-5-7-14/h3-7,13,15,18H,8-12H2,1-2H3,(H,17,20). The van der Waals surface area contributed by atoms with Crippen molar-refractivity contribution >= 4 is 5.91 Å². The van der Waals surface area contributed by atoms with Crippen LogP contribution in [0.15, 0.2) is 30.3 Å². The van der Waals surface area contributed by atoms with Crippen molar-refractivity contribution in [2.24, 2.45) is 0 Å². The SMILES string of the molecule is CNC(=O)C(C)NC1CCN(Cc2ccccc2)CC1. The maximum absolute atomic E-state index is 11.5. The number of amides is 1. The van der Waals surface area contributed by atoms with E-state index in [9.17, 15) is 4.79 Å². The number of carbonyl (C=O) groups is 1. The van der Waals surface area contributed by atoms with Crippen LogP contribution in [0, 0.1) is 0 Å². The number of benzene rings is 1. The van der Waals surface area contributed by atoms with Crippen LogP contribution in [0.2, 0.25) is 0 Å². The lowest BCUT2D eigenvalue weighted by Crippen LogP contribution is -2.49. The highest BCUT2D eigenvalue weighted by Gasteiger charge is 2.22. The summed E-state index contributed by atoms with van der Waals surface area (Å²) in [6, 6.07) is 10.9. The number of hydrogen-bond donors (Lipinski definition) is 2. The second kappa shape index (κ2) is 7.41. The van der Waals surface area contributed by atoms with E-state index >= 15 is 0 Å². The second-order valence-corrected chi connectivity index (χ2v) is 5.54. The van der Waals surface area contributed by atoms with Gasteiger partial charge in [0.05, 0.1) is 6.04 Å². The average Bonchev–Trinajstić information content (AvgIpc) is 2.49. The number of likely N-dealkylation sites (tertiary alicyclic amines) is 1. The van der Waals surface area contributed by atoms with Gasteiger partial charge in [-0.2, -0.15) is 0 Å². The van der Waals surface area contributed by atoms with Crippen LogP contribution in [-0.4, -0.2) is 43.0 Å². The molecule has 110 valence electrons. The summed E-state index contributed by atoms with van der Waals surface area (Å²) in [7, 11) is 1.68. The fourth-order valence-electron chi connectivity index (χ4n) is 2.75. The first kappa shape index (κ1) is 15.0. The Morgan fingerprint density at radius 1 is 1.30 bits per heavy atom. The molecule has 4 nitrogen and oxygen atoms in total. The van der Waals surface area contributed by atoms with Gasteiger partial charge in [0.15, 0.2) is 0 Å². The van der Waals surface area contributed by atoms with Gasteiger partial charge in [-0.25, -0.2) is 0 Å². The molecule has 0 aliphatic carbocycles. The van der Waals surface area contributed by atoms with Crippen LogP contribution in [0.25, 0.3) is 0 Å². The molecule has 2 N–H and O–H groups in total. The van der Waals surface area contributed by atoms with Crippen LogP contribution >= 0.6 is 0 Å². The number of carbonyl (C=O) groups excluding carboxylic acids is 1. The Kier molecular flexibility index (Phi) is 5.56. The Morgan fingerprint density at radius 2 is 1.95 bits per heavy atom. The van der Waals surface area contributed by atoms with Crippen molar-refractivity contribution in [2.45, 2.75) is 38.4 Å². The molecular formula is C16H25N3O. The minimum Gasteiger partial charge on any atom is -0.358 e. The molecular weight excluding hydrogens is 250 g/mol. The highest BCUT2D eigenvalue weighted by Crippen LogP contribution is 2.14. The number of piperidine rings is 1. The second-order valence-electron chi connectivity index (χ2n) is 5.54. The van der Waals surface area contributed by atoms with Crippen molar-refractivity contribution < 1.29 is 4.79 Å². The largest absolute Gasteiger partial charge is 0.358 e. The van der Waals surface area contributed by atoms with E-state index in [-0.39, 0.29) is 11.9 Å². The third-order valence-corrected chi connectivity index (χ3v) is 3.96. The number of likely N-dealkylation sites (N-methyl/N-ethyl adjacent to an activating group) is 1. The highest BCUT2D eigenvalue weighted by atomic mass is 16.2. The zero-order valence-corrected chi connectivity index (χ0v) is 12.4. The summed E-state index contributed by atoms with van der Waals surface area (Å²) in [6.45, 7) is 5.13. The molecule has 1 fully saturated rings. The first-order valence-electron chi connectivity index (χ1n) is 7.43. The van der Waals surface area contributed by atoms with Gasteiger partial charge in [-0.1, -0.05) is 30.3 Å². The lowest BCUT2D eigenvalue weighted by molar-refractivity contribution is -0.122. The van der Waals surface area contributed by atoms with E-state index < -0.39 is 0 Å². The van der Waals surface area contributed by atoms with E-state index in [1.54, 1.807) is 7.05 Å². The zero-order valence-electron chi connectivity index (χ0n) is 12.4. The lowest BCUT2D eigenvalue weighted by atomic mass is 10.0. The van der Waals surface area contributed by atoms with Gasteiger partial charge in [-0.05, 0) is 38.4 Å². The smallest absolute Gasteiger partial charge is 0.236 e. The van der Waals surface area contributed by atoms with Crippen molar-refractivity contribution in [2.75, 3.05) is 20.1 Å². The molecule has 0 radical (unpaired) electrons. The Hall–Kier alpha value is -1.39. The van der Waals surface area contributed by atoms with Gasteiger partial charge in [0.25, 0.3) is 0 Å². The fourth-order valence-corrected chi connectivity index (χ4v) is 2.75. The van der Waals surface area contributed by atoms with Gasteiger partial charge in [0.2, 0.25) is 5.91 Å². The van der Waals surface area contributed by atoms with Gasteiger partial charge in [-0.15, -0.1) is 0 Å². The summed E-state index contributed by atoms with van der Waals surface area (Å²) in [5, 5.41) is 6.10. The minimum absolute atomic E-state index is 0.0664. The summed E-state index contributed by atoms with van der Waals surface area (Å²) >= 11 is 0. The van der Waals surface area contributed by atoms with E-state index in [1.165, 1.54) is 5.56 Å². The van der Waals surface area contributed by atoms with Crippen LogP contribution in [0.1, 0.15) is 25.3 Å². The Morgan fingerprint density at radius 3 is 2.55 bits per heavy atom. The first-order chi connectivity index (χ1) is 9.69. The molecule has 0 bridgehead atoms. The molecule has 0 spiro atoms. The molecule has 1 atom stereocenters. The number of hydrogen-bond acceptors (Lipinski definition) is 3. The number of nitrogens with one attached hydrogen (secondary N) is 2. The number of rotatable bonds is 5. The number of nitrogens with zero attached hydrogens (tertiary/aromatic N) is 1. The van der Waals surface area contributed by atoms with Gasteiger partial charge in [0.1, 0.15) is 0 Å². The maximum Gasteiger partial charge on any atom is 0.236 e. The molecule has 1 aliphatic rings. The summed E-state index contributed by atoms with van der Waals surface area (Å²) in [5.74, 6) is 0.0664. The van der Waals surface area contributed by atoms with E-state index in [4.69, 9.17) is 0 Å². The van der Waals surface area contributed by atoms with Crippen LogP contribution in [0.3, 0.4) is 0 Å². The molecule has 0 aromatic heterocycles. The predicted octanol–water partition coefficient (Wildman–Crippen LogP) is 1.38. The molecule has 20 heavy (non-hydrogen) atoms. The first-order valence-corrected chi connectivity index (χ1v) is 7.43. The van der Waals surface area contributed by atoms with E-state index in [2.05, 4.69) is 45.9 Å². The van der Waals surface area contributed by atoms with Gasteiger partial charge in [0, 0.05) is 19.6 Å². The van der Waals surface area contributed by atoms with Crippen molar-refractivity contribution in [3.8, 4) is 0 Å². The van der Waals surface area contributed by atoms with E-state index in [1.807, 2.05) is 6.92 Å². The molecule has 4 heteroatoms. The average molecular weight is 275 g/mol. The summed E-state index contributed by atoms with van der Waals surface area (Å²) in [4.78, 5) is 14.0. The Labute approximate surface area is 121 Å². The fraction of sp³-hybridized carbons (Fsp3) is 0.562. The highest BCUT2D eigenvalue weighted by molar-refractivity contribution is 5.80. The van der Waals surface area contributed by atoms with Crippen molar-refractivity contribution in [1.29, 1.82) is 0 Å². The molecule has 1 aromatic rings. The molecule has 0 saturated carbocycles. The van der Waals surface area contributed by atoms with Gasteiger partial charge >= 0.3 is 0 Å². The summed E-state index contributed by atoms with van der Waals surface area (Å²) in [6.07, 6.45) is 2.21.